The van der Waals surface area contributed by atoms with Gasteiger partial charge in [0.1, 0.15) is 11.6 Å². The molecule has 37 heavy (non-hydrogen) atoms. The molecule has 1 saturated heterocycles. The fraction of sp³-hybridized carbons (Fsp3) is 0.444. The number of rotatable bonds is 5. The van der Waals surface area contributed by atoms with Gasteiger partial charge in [0, 0.05) is 49.3 Å². The van der Waals surface area contributed by atoms with E-state index in [1.54, 1.807) is 0 Å². The van der Waals surface area contributed by atoms with E-state index in [1.807, 2.05) is 23.1 Å². The van der Waals surface area contributed by atoms with Crippen LogP contribution in [0.3, 0.4) is 0 Å². The quantitative estimate of drug-likeness (QED) is 0.456. The zero-order valence-electron chi connectivity index (χ0n) is 20.6. The largest absolute Gasteiger partial charge is 0.494 e. The third-order valence-electron chi connectivity index (χ3n) is 7.84. The van der Waals surface area contributed by atoms with Crippen LogP contribution in [0.15, 0.2) is 30.3 Å². The molecule has 0 unspecified atom stereocenters. The second kappa shape index (κ2) is 9.26. The van der Waals surface area contributed by atoms with E-state index in [-0.39, 0.29) is 17.1 Å². The summed E-state index contributed by atoms with van der Waals surface area (Å²) in [5, 5.41) is 19.5. The Morgan fingerprint density at radius 1 is 1.08 bits per heavy atom. The van der Waals surface area contributed by atoms with Gasteiger partial charge in [0.25, 0.3) is 0 Å². The first-order valence-corrected chi connectivity index (χ1v) is 12.9. The number of nitriles is 1. The number of halogens is 3. The SMILES string of the molecule is COc1cc(N2CCC(c3nnc4n3-c3ccc(Cl)cc3CN(CC3(C#N)CC3)C4)CC2)c(F)cc1F. The van der Waals surface area contributed by atoms with Crippen LogP contribution in [0.25, 0.3) is 5.69 Å². The number of benzene rings is 2. The summed E-state index contributed by atoms with van der Waals surface area (Å²) < 4.78 is 35.7. The molecule has 1 aromatic heterocycles. The van der Waals surface area contributed by atoms with Gasteiger partial charge in [-0.1, -0.05) is 11.6 Å². The van der Waals surface area contributed by atoms with Gasteiger partial charge in [-0.05, 0) is 49.4 Å². The summed E-state index contributed by atoms with van der Waals surface area (Å²) in [6.07, 6.45) is 3.36. The Hall–Kier alpha value is -3.22. The van der Waals surface area contributed by atoms with Crippen molar-refractivity contribution in [3.05, 3.63) is 64.2 Å². The molecule has 3 aliphatic rings. The van der Waals surface area contributed by atoms with Crippen LogP contribution in [0.2, 0.25) is 5.02 Å². The zero-order chi connectivity index (χ0) is 25.7. The molecule has 10 heteroatoms. The molecular formula is C27H27ClF2N6O. The van der Waals surface area contributed by atoms with Gasteiger partial charge in [0.05, 0.1) is 36.5 Å². The molecule has 3 aromatic rings. The maximum Gasteiger partial charge on any atom is 0.168 e. The molecule has 6 rings (SSSR count). The lowest BCUT2D eigenvalue weighted by Gasteiger charge is -2.33. The van der Waals surface area contributed by atoms with E-state index in [2.05, 4.69) is 25.7 Å². The third-order valence-corrected chi connectivity index (χ3v) is 8.07. The van der Waals surface area contributed by atoms with E-state index < -0.39 is 11.6 Å². The van der Waals surface area contributed by atoms with Crippen LogP contribution in [0, 0.1) is 28.4 Å². The Morgan fingerprint density at radius 3 is 2.57 bits per heavy atom. The van der Waals surface area contributed by atoms with Gasteiger partial charge in [0.15, 0.2) is 17.4 Å². The van der Waals surface area contributed by atoms with Crippen LogP contribution in [-0.2, 0) is 13.1 Å². The topological polar surface area (TPSA) is 70.2 Å². The van der Waals surface area contributed by atoms with Crippen molar-refractivity contribution < 1.29 is 13.5 Å². The highest BCUT2D eigenvalue weighted by Gasteiger charge is 2.45. The Bertz CT molecular complexity index is 1390. The number of aromatic nitrogens is 3. The summed E-state index contributed by atoms with van der Waals surface area (Å²) in [4.78, 5) is 4.20. The molecule has 0 atom stereocenters. The lowest BCUT2D eigenvalue weighted by atomic mass is 9.95. The predicted molar refractivity (Wildman–Crippen MR) is 135 cm³/mol. The number of hydrogen-bond acceptors (Lipinski definition) is 6. The number of piperidine rings is 1. The van der Waals surface area contributed by atoms with E-state index in [1.165, 1.54) is 13.2 Å². The highest BCUT2D eigenvalue weighted by atomic mass is 35.5. The molecule has 0 amide bonds. The standard InChI is InChI=1S/C27H27ClF2N6O/c1-37-24-12-23(20(29)11-21(24)30)35-8-4-17(5-9-35)26-33-32-25-14-34(16-27(15-31)6-7-27)13-18-10-19(28)2-3-22(18)36(25)26/h2-3,10-12,17H,4-9,13-14,16H2,1H3. The molecule has 1 aliphatic carbocycles. The first kappa shape index (κ1) is 24.1. The molecule has 0 N–H and O–H groups in total. The average Bonchev–Trinajstić information content (AvgIpc) is 3.58. The van der Waals surface area contributed by atoms with Crippen LogP contribution in [0.1, 0.15) is 48.8 Å². The van der Waals surface area contributed by atoms with Crippen LogP contribution >= 0.6 is 11.6 Å². The number of anilines is 1. The fourth-order valence-corrected chi connectivity index (χ4v) is 5.84. The first-order valence-electron chi connectivity index (χ1n) is 12.5. The third kappa shape index (κ3) is 4.42. The molecule has 2 fully saturated rings. The molecule has 192 valence electrons. The number of nitrogens with zero attached hydrogens (tertiary/aromatic N) is 6. The normalized spacial score (nSPS) is 19.1. The first-order chi connectivity index (χ1) is 17.9. The van der Waals surface area contributed by atoms with Crippen LogP contribution in [0.4, 0.5) is 14.5 Å². The summed E-state index contributed by atoms with van der Waals surface area (Å²) >= 11 is 6.38. The Kier molecular flexibility index (Phi) is 6.04. The fourth-order valence-electron chi connectivity index (χ4n) is 5.65. The summed E-state index contributed by atoms with van der Waals surface area (Å²) in [6.45, 7) is 3.18. The minimum atomic E-state index is -0.708. The molecule has 3 heterocycles. The summed E-state index contributed by atoms with van der Waals surface area (Å²) in [6, 6.07) is 10.7. The van der Waals surface area contributed by atoms with E-state index in [0.29, 0.717) is 43.4 Å². The predicted octanol–water partition coefficient (Wildman–Crippen LogP) is 5.21. The summed E-state index contributed by atoms with van der Waals surface area (Å²) in [5.41, 5.74) is 2.18. The van der Waals surface area contributed by atoms with Gasteiger partial charge in [-0.25, -0.2) is 8.78 Å². The van der Waals surface area contributed by atoms with Gasteiger partial charge in [-0.15, -0.1) is 10.2 Å². The van der Waals surface area contributed by atoms with Crippen LogP contribution in [0.5, 0.6) is 5.75 Å². The number of fused-ring (bicyclic) bond motifs is 3. The van der Waals surface area contributed by atoms with Gasteiger partial charge >= 0.3 is 0 Å². The molecule has 0 spiro atoms. The smallest absolute Gasteiger partial charge is 0.168 e. The van der Waals surface area contributed by atoms with Gasteiger partial charge in [0.2, 0.25) is 0 Å². The lowest BCUT2D eigenvalue weighted by molar-refractivity contribution is 0.223. The Labute approximate surface area is 219 Å². The molecule has 0 bridgehead atoms. The van der Waals surface area contributed by atoms with Crippen LogP contribution in [-0.4, -0.2) is 46.4 Å². The Morgan fingerprint density at radius 2 is 1.86 bits per heavy atom. The second-order valence-corrected chi connectivity index (χ2v) is 10.8. The molecule has 2 aliphatic heterocycles. The van der Waals surface area contributed by atoms with Crippen molar-refractivity contribution in [2.75, 3.05) is 31.6 Å². The molecule has 0 radical (unpaired) electrons. The van der Waals surface area contributed by atoms with E-state index >= 15 is 0 Å². The molecular weight excluding hydrogens is 498 g/mol. The second-order valence-electron chi connectivity index (χ2n) is 10.3. The van der Waals surface area contributed by atoms with E-state index in [9.17, 15) is 14.0 Å². The highest BCUT2D eigenvalue weighted by Crippen LogP contribution is 2.46. The maximum atomic E-state index is 14.6. The van der Waals surface area contributed by atoms with E-state index in [4.69, 9.17) is 16.3 Å². The van der Waals surface area contributed by atoms with Crippen molar-refractivity contribution in [2.24, 2.45) is 5.41 Å². The van der Waals surface area contributed by atoms with Crippen molar-refractivity contribution in [2.45, 2.75) is 44.7 Å². The molecule has 7 nitrogen and oxygen atoms in total. The minimum Gasteiger partial charge on any atom is -0.494 e. The van der Waals surface area contributed by atoms with Crippen molar-refractivity contribution in [1.29, 1.82) is 5.26 Å². The van der Waals surface area contributed by atoms with Crippen molar-refractivity contribution in [1.82, 2.24) is 19.7 Å². The highest BCUT2D eigenvalue weighted by molar-refractivity contribution is 6.30. The number of ether oxygens (including phenoxy) is 1. The van der Waals surface area contributed by atoms with Gasteiger partial charge in [-0.2, -0.15) is 5.26 Å². The zero-order valence-corrected chi connectivity index (χ0v) is 21.3. The summed E-state index contributed by atoms with van der Waals surface area (Å²) in [7, 11) is 1.38. The maximum absolute atomic E-state index is 14.6. The van der Waals surface area contributed by atoms with Crippen molar-refractivity contribution in [3.8, 4) is 17.5 Å². The molecule has 2 aromatic carbocycles. The van der Waals surface area contributed by atoms with Crippen LogP contribution < -0.4 is 9.64 Å². The van der Waals surface area contributed by atoms with Crippen molar-refractivity contribution >= 4 is 17.3 Å². The molecule has 1 saturated carbocycles. The monoisotopic (exact) mass is 524 g/mol. The Balaban J connectivity index is 1.28. The average molecular weight is 525 g/mol. The van der Waals surface area contributed by atoms with E-state index in [0.717, 1.165) is 54.6 Å². The summed E-state index contributed by atoms with van der Waals surface area (Å²) in [5.74, 6) is 0.599. The van der Waals surface area contributed by atoms with Gasteiger partial charge in [-0.3, -0.25) is 9.47 Å². The van der Waals surface area contributed by atoms with Gasteiger partial charge < -0.3 is 9.64 Å². The number of hydrogen-bond donors (Lipinski definition) is 0. The van der Waals surface area contributed by atoms with Crippen molar-refractivity contribution in [3.63, 3.8) is 0 Å². The lowest BCUT2D eigenvalue weighted by Crippen LogP contribution is -2.34. The minimum absolute atomic E-state index is 0.0329. The number of methoxy groups -OCH3 is 1.